The van der Waals surface area contributed by atoms with Gasteiger partial charge in [0.2, 0.25) is 5.91 Å². The molecule has 1 saturated heterocycles. The predicted molar refractivity (Wildman–Crippen MR) is 143 cm³/mol. The minimum atomic E-state index is -0.156. The number of thiocarbonyl (C=S) groups is 1. The highest BCUT2D eigenvalue weighted by Crippen LogP contribution is 2.35. The van der Waals surface area contributed by atoms with Gasteiger partial charge in [0.1, 0.15) is 16.6 Å². The summed E-state index contributed by atoms with van der Waals surface area (Å²) in [5.74, 6) is 0.437. The van der Waals surface area contributed by atoms with Gasteiger partial charge >= 0.3 is 0 Å². The maximum Gasteiger partial charge on any atom is 0.266 e. The summed E-state index contributed by atoms with van der Waals surface area (Å²) in [6.07, 6.45) is 5.32. The SMILES string of the molecule is O=C(Cn1cc(/C=C2\SC(=S)N(Cc3ccco3)C2=O)c2cc(Br)ccc21)NCc1cccs1. The van der Waals surface area contributed by atoms with Crippen molar-refractivity contribution in [3.63, 3.8) is 0 Å². The lowest BCUT2D eigenvalue weighted by atomic mass is 10.1. The van der Waals surface area contributed by atoms with Gasteiger partial charge in [-0.15, -0.1) is 11.3 Å². The van der Waals surface area contributed by atoms with Crippen molar-refractivity contribution in [2.24, 2.45) is 0 Å². The normalized spacial score (nSPS) is 15.1. The number of nitrogens with one attached hydrogen (secondary N) is 1. The highest BCUT2D eigenvalue weighted by Gasteiger charge is 2.32. The average Bonchev–Trinajstić information content (AvgIpc) is 3.60. The quantitative estimate of drug-likeness (QED) is 0.225. The first kappa shape index (κ1) is 23.1. The molecule has 4 heterocycles. The van der Waals surface area contributed by atoms with Crippen molar-refractivity contribution in [2.45, 2.75) is 19.6 Å². The molecule has 34 heavy (non-hydrogen) atoms. The molecule has 172 valence electrons. The number of furan rings is 1. The van der Waals surface area contributed by atoms with Crippen LogP contribution < -0.4 is 5.32 Å². The number of hydrogen-bond donors (Lipinski definition) is 1. The standard InChI is InChI=1S/C24H18BrN3O3S3/c25-16-5-6-20-19(10-16)15(12-27(20)14-22(29)26-11-18-4-2-8-33-18)9-21-23(30)28(24(32)34-21)13-17-3-1-7-31-17/h1-10,12H,11,13-14H2,(H,26,29)/b21-9-. The number of hydrogen-bond acceptors (Lipinski definition) is 6. The van der Waals surface area contributed by atoms with E-state index in [1.165, 1.54) is 16.7 Å². The first-order chi connectivity index (χ1) is 16.5. The summed E-state index contributed by atoms with van der Waals surface area (Å²) in [7, 11) is 0. The zero-order valence-electron chi connectivity index (χ0n) is 17.7. The van der Waals surface area contributed by atoms with Crippen molar-refractivity contribution in [1.29, 1.82) is 0 Å². The highest BCUT2D eigenvalue weighted by atomic mass is 79.9. The molecule has 2 amide bonds. The Morgan fingerprint density at radius 2 is 2.12 bits per heavy atom. The van der Waals surface area contributed by atoms with Gasteiger partial charge in [-0.2, -0.15) is 0 Å². The molecule has 1 aromatic carbocycles. The molecule has 0 spiro atoms. The van der Waals surface area contributed by atoms with Crippen LogP contribution in [0, 0.1) is 0 Å². The second-order valence-corrected chi connectivity index (χ2v) is 11.2. The number of thioether (sulfide) groups is 1. The van der Waals surface area contributed by atoms with Crippen LogP contribution in [0.15, 0.2) is 74.1 Å². The number of rotatable bonds is 7. The molecular weight excluding hydrogens is 554 g/mol. The van der Waals surface area contributed by atoms with Gasteiger partial charge in [0.15, 0.2) is 0 Å². The molecule has 3 aromatic heterocycles. The summed E-state index contributed by atoms with van der Waals surface area (Å²) in [4.78, 5) is 28.9. The van der Waals surface area contributed by atoms with Gasteiger partial charge in [0, 0.05) is 32.0 Å². The van der Waals surface area contributed by atoms with E-state index in [9.17, 15) is 9.59 Å². The van der Waals surface area contributed by atoms with E-state index in [-0.39, 0.29) is 18.4 Å². The Labute approximate surface area is 217 Å². The second kappa shape index (κ2) is 9.91. The molecule has 6 nitrogen and oxygen atoms in total. The Kier molecular flexibility index (Phi) is 6.73. The molecule has 10 heteroatoms. The number of fused-ring (bicyclic) bond motifs is 1. The molecule has 1 fully saturated rings. The Balaban J connectivity index is 1.40. The van der Waals surface area contributed by atoms with Crippen LogP contribution in [0.4, 0.5) is 0 Å². The van der Waals surface area contributed by atoms with E-state index in [2.05, 4.69) is 21.2 Å². The van der Waals surface area contributed by atoms with Gasteiger partial charge in [-0.05, 0) is 47.9 Å². The van der Waals surface area contributed by atoms with Crippen LogP contribution in [-0.2, 0) is 29.2 Å². The molecule has 4 aromatic rings. The zero-order chi connectivity index (χ0) is 23.7. The predicted octanol–water partition coefficient (Wildman–Crippen LogP) is 5.78. The van der Waals surface area contributed by atoms with Gasteiger partial charge in [0.25, 0.3) is 5.91 Å². The first-order valence-electron chi connectivity index (χ1n) is 10.3. The molecule has 1 aliphatic heterocycles. The lowest BCUT2D eigenvalue weighted by Gasteiger charge is -2.11. The minimum Gasteiger partial charge on any atom is -0.467 e. The van der Waals surface area contributed by atoms with Crippen LogP contribution in [0.3, 0.4) is 0 Å². The molecular formula is C24H18BrN3O3S3. The number of aromatic nitrogens is 1. The number of carbonyl (C=O) groups excluding carboxylic acids is 2. The van der Waals surface area contributed by atoms with Crippen LogP contribution in [0.25, 0.3) is 17.0 Å². The topological polar surface area (TPSA) is 67.5 Å². The number of amides is 2. The van der Waals surface area contributed by atoms with Gasteiger partial charge < -0.3 is 14.3 Å². The van der Waals surface area contributed by atoms with Gasteiger partial charge in [-0.3, -0.25) is 14.5 Å². The van der Waals surface area contributed by atoms with Crippen LogP contribution in [0.1, 0.15) is 16.2 Å². The van der Waals surface area contributed by atoms with Crippen molar-refractivity contribution < 1.29 is 14.0 Å². The molecule has 0 atom stereocenters. The van der Waals surface area contributed by atoms with E-state index in [0.717, 1.165) is 25.8 Å². The second-order valence-electron chi connectivity index (χ2n) is 7.58. The smallest absolute Gasteiger partial charge is 0.266 e. The van der Waals surface area contributed by atoms with Crippen LogP contribution in [0.2, 0.25) is 0 Å². The summed E-state index contributed by atoms with van der Waals surface area (Å²) < 4.78 is 8.68. The van der Waals surface area contributed by atoms with Crippen LogP contribution in [0.5, 0.6) is 0 Å². The fraction of sp³-hybridized carbons (Fsp3) is 0.125. The molecule has 1 N–H and O–H groups in total. The van der Waals surface area contributed by atoms with Gasteiger partial charge in [-0.25, -0.2) is 0 Å². The average molecular weight is 573 g/mol. The molecule has 0 unspecified atom stereocenters. The van der Waals surface area contributed by atoms with E-state index in [1.54, 1.807) is 23.7 Å². The molecule has 1 aliphatic rings. The van der Waals surface area contributed by atoms with Crippen LogP contribution in [-0.4, -0.2) is 25.6 Å². The third-order valence-electron chi connectivity index (χ3n) is 5.28. The summed E-state index contributed by atoms with van der Waals surface area (Å²) in [5.41, 5.74) is 1.76. The van der Waals surface area contributed by atoms with E-state index in [0.29, 0.717) is 28.1 Å². The number of thiophene rings is 1. The van der Waals surface area contributed by atoms with Crippen molar-refractivity contribution in [3.05, 3.63) is 85.9 Å². The third-order valence-corrected chi connectivity index (χ3v) is 8.03. The van der Waals surface area contributed by atoms with Crippen molar-refractivity contribution in [2.75, 3.05) is 0 Å². The van der Waals surface area contributed by atoms with E-state index >= 15 is 0 Å². The fourth-order valence-electron chi connectivity index (χ4n) is 3.69. The molecule has 0 saturated carbocycles. The summed E-state index contributed by atoms with van der Waals surface area (Å²) >= 11 is 11.9. The Morgan fingerprint density at radius 1 is 1.24 bits per heavy atom. The lowest BCUT2D eigenvalue weighted by Crippen LogP contribution is -2.27. The van der Waals surface area contributed by atoms with Gasteiger partial charge in [0.05, 0.1) is 24.3 Å². The van der Waals surface area contributed by atoms with Gasteiger partial charge in [-0.1, -0.05) is 46.0 Å². The maximum absolute atomic E-state index is 13.1. The van der Waals surface area contributed by atoms with E-state index < -0.39 is 0 Å². The fourth-order valence-corrected chi connectivity index (χ4v) is 5.94. The largest absolute Gasteiger partial charge is 0.467 e. The minimum absolute atomic E-state index is 0.0791. The van der Waals surface area contributed by atoms with Crippen LogP contribution >= 0.6 is 51.2 Å². The molecule has 0 radical (unpaired) electrons. The third kappa shape index (κ3) is 4.90. The summed E-state index contributed by atoms with van der Waals surface area (Å²) in [6.45, 7) is 0.982. The maximum atomic E-state index is 13.1. The number of halogens is 1. The Morgan fingerprint density at radius 3 is 2.88 bits per heavy atom. The first-order valence-corrected chi connectivity index (χ1v) is 13.2. The Hall–Kier alpha value is -2.66. The van der Waals surface area contributed by atoms with E-state index in [1.807, 2.05) is 58.6 Å². The van der Waals surface area contributed by atoms with E-state index in [4.69, 9.17) is 16.6 Å². The highest BCUT2D eigenvalue weighted by molar-refractivity contribution is 9.10. The summed E-state index contributed by atoms with van der Waals surface area (Å²) in [5, 5.41) is 5.90. The number of benzene rings is 1. The zero-order valence-corrected chi connectivity index (χ0v) is 21.7. The number of carbonyl (C=O) groups is 2. The Bertz CT molecular complexity index is 1410. The number of nitrogens with zero attached hydrogens (tertiary/aromatic N) is 2. The monoisotopic (exact) mass is 571 g/mol. The van der Waals surface area contributed by atoms with Crippen molar-refractivity contribution in [3.8, 4) is 0 Å². The van der Waals surface area contributed by atoms with Crippen molar-refractivity contribution in [1.82, 2.24) is 14.8 Å². The molecule has 0 bridgehead atoms. The molecule has 5 rings (SSSR count). The molecule has 0 aliphatic carbocycles. The summed E-state index contributed by atoms with van der Waals surface area (Å²) in [6, 6.07) is 13.5. The van der Waals surface area contributed by atoms with Crippen molar-refractivity contribution >= 4 is 84.4 Å². The lowest BCUT2D eigenvalue weighted by molar-refractivity contribution is -0.123.